The molecule has 5 nitrogen and oxygen atoms in total. The van der Waals surface area contributed by atoms with Crippen molar-refractivity contribution >= 4 is 0 Å². The van der Waals surface area contributed by atoms with E-state index in [-0.39, 0.29) is 11.5 Å². The van der Waals surface area contributed by atoms with Crippen LogP contribution in [-0.2, 0) is 24.7 Å². The number of fused-ring (bicyclic) bond motifs is 2. The number of piperidine rings is 1. The average Bonchev–Trinajstić information content (AvgIpc) is 3.47. The van der Waals surface area contributed by atoms with E-state index >= 15 is 0 Å². The molecule has 2 aromatic rings. The molecule has 5 aliphatic rings. The first-order valence-electron chi connectivity index (χ1n) is 12.3. The minimum absolute atomic E-state index is 0.151. The van der Waals surface area contributed by atoms with Crippen molar-refractivity contribution in [3.8, 4) is 5.75 Å². The van der Waals surface area contributed by atoms with Crippen LogP contribution in [0.4, 0.5) is 0 Å². The largest absolute Gasteiger partial charge is 0.508 e. The van der Waals surface area contributed by atoms with E-state index in [1.807, 2.05) is 12.1 Å². The van der Waals surface area contributed by atoms with Crippen LogP contribution in [0.3, 0.4) is 0 Å². The number of hydrogen-bond acceptors (Lipinski definition) is 4. The fourth-order valence-electron chi connectivity index (χ4n) is 7.39. The molecule has 2 bridgehead atoms. The fraction of sp³-hybridized carbons (Fsp3) is 0.654. The van der Waals surface area contributed by atoms with Gasteiger partial charge in [-0.15, -0.1) is 0 Å². The highest BCUT2D eigenvalue weighted by Gasteiger charge is 2.65. The second-order valence-corrected chi connectivity index (χ2v) is 11.1. The van der Waals surface area contributed by atoms with E-state index < -0.39 is 5.60 Å². The van der Waals surface area contributed by atoms with E-state index in [1.165, 1.54) is 60.2 Å². The summed E-state index contributed by atoms with van der Waals surface area (Å²) in [4.78, 5) is 2.61. The maximum absolute atomic E-state index is 12.6. The van der Waals surface area contributed by atoms with Crippen molar-refractivity contribution in [2.75, 3.05) is 13.1 Å². The van der Waals surface area contributed by atoms with Gasteiger partial charge in [0, 0.05) is 36.5 Å². The van der Waals surface area contributed by atoms with Gasteiger partial charge in [-0.1, -0.05) is 6.07 Å². The van der Waals surface area contributed by atoms with E-state index in [4.69, 9.17) is 5.10 Å². The molecule has 7 rings (SSSR count). The van der Waals surface area contributed by atoms with Crippen molar-refractivity contribution in [3.63, 3.8) is 0 Å². The van der Waals surface area contributed by atoms with Gasteiger partial charge < -0.3 is 10.2 Å². The first kappa shape index (κ1) is 18.7. The van der Waals surface area contributed by atoms with Gasteiger partial charge in [0.2, 0.25) is 0 Å². The summed E-state index contributed by atoms with van der Waals surface area (Å²) in [5.41, 5.74) is 5.11. The molecule has 2 N–H and O–H groups in total. The van der Waals surface area contributed by atoms with Gasteiger partial charge in [0.1, 0.15) is 5.75 Å². The number of aromatic hydroxyl groups is 1. The van der Waals surface area contributed by atoms with Crippen molar-refractivity contribution < 1.29 is 10.2 Å². The molecule has 0 unspecified atom stereocenters. The summed E-state index contributed by atoms with van der Waals surface area (Å²) < 4.78 is 2.28. The predicted octanol–water partition coefficient (Wildman–Crippen LogP) is 3.43. The van der Waals surface area contributed by atoms with Gasteiger partial charge in [-0.2, -0.15) is 5.10 Å². The standard InChI is InChI=1S/C26H33N3O2/c1-16-21-13-26(31)24-11-18-7-8-20(30)12-22(18)25(26,9-10-28(24)15-17-5-6-17)14-23(21)27-29(16)19-3-2-4-19/h7-8,12,17,19,24,30-31H,2-6,9-11,13-15H2,1H3/t24-,25-,26-/m1/s1. The first-order valence-corrected chi connectivity index (χ1v) is 12.3. The lowest BCUT2D eigenvalue weighted by Gasteiger charge is -2.63. The third kappa shape index (κ3) is 2.42. The third-order valence-corrected chi connectivity index (χ3v) is 9.55. The van der Waals surface area contributed by atoms with Crippen molar-refractivity contribution in [2.45, 2.75) is 87.8 Å². The Labute approximate surface area is 184 Å². The summed E-state index contributed by atoms with van der Waals surface area (Å²) >= 11 is 0. The van der Waals surface area contributed by atoms with Gasteiger partial charge in [-0.25, -0.2) is 0 Å². The molecule has 1 aliphatic heterocycles. The molecule has 4 aliphatic carbocycles. The van der Waals surface area contributed by atoms with Gasteiger partial charge in [0.25, 0.3) is 0 Å². The zero-order valence-electron chi connectivity index (χ0n) is 18.5. The molecule has 1 aromatic heterocycles. The molecule has 164 valence electrons. The monoisotopic (exact) mass is 419 g/mol. The minimum Gasteiger partial charge on any atom is -0.508 e. The zero-order chi connectivity index (χ0) is 21.0. The number of nitrogens with zero attached hydrogens (tertiary/aromatic N) is 3. The number of phenolic OH excluding ortho intramolecular Hbond substituents is 1. The molecule has 1 aromatic carbocycles. The predicted molar refractivity (Wildman–Crippen MR) is 118 cm³/mol. The average molecular weight is 420 g/mol. The minimum atomic E-state index is -0.799. The van der Waals surface area contributed by atoms with Gasteiger partial charge in [-0.05, 0) is 93.2 Å². The van der Waals surface area contributed by atoms with Gasteiger partial charge in [-0.3, -0.25) is 9.58 Å². The lowest BCUT2D eigenvalue weighted by molar-refractivity contribution is -0.152. The first-order chi connectivity index (χ1) is 15.0. The normalized spacial score (nSPS) is 34.6. The van der Waals surface area contributed by atoms with Crippen LogP contribution in [0.15, 0.2) is 18.2 Å². The van der Waals surface area contributed by atoms with Crippen LogP contribution in [0.25, 0.3) is 0 Å². The topological polar surface area (TPSA) is 61.5 Å². The number of hydrogen-bond donors (Lipinski definition) is 2. The van der Waals surface area contributed by atoms with Crippen LogP contribution in [0.2, 0.25) is 0 Å². The second kappa shape index (κ2) is 6.14. The molecule has 31 heavy (non-hydrogen) atoms. The van der Waals surface area contributed by atoms with E-state index in [9.17, 15) is 10.2 Å². The molecule has 2 saturated carbocycles. The van der Waals surface area contributed by atoms with Gasteiger partial charge in [0.05, 0.1) is 17.3 Å². The summed E-state index contributed by atoms with van der Waals surface area (Å²) in [6.07, 6.45) is 9.75. The Morgan fingerprint density at radius 2 is 2.00 bits per heavy atom. The van der Waals surface area contributed by atoms with Crippen molar-refractivity contribution in [1.29, 1.82) is 0 Å². The molecule has 5 heteroatoms. The van der Waals surface area contributed by atoms with Crippen LogP contribution < -0.4 is 0 Å². The number of rotatable bonds is 3. The molecule has 0 amide bonds. The number of likely N-dealkylation sites (tertiary alicyclic amines) is 1. The molecule has 0 radical (unpaired) electrons. The van der Waals surface area contributed by atoms with Gasteiger partial charge >= 0.3 is 0 Å². The highest BCUT2D eigenvalue weighted by molar-refractivity contribution is 5.52. The summed E-state index contributed by atoms with van der Waals surface area (Å²) in [5, 5.41) is 28.2. The smallest absolute Gasteiger partial charge is 0.115 e. The Bertz CT molecular complexity index is 1070. The molecular formula is C26H33N3O2. The summed E-state index contributed by atoms with van der Waals surface area (Å²) in [7, 11) is 0. The number of phenols is 1. The Morgan fingerprint density at radius 1 is 1.16 bits per heavy atom. The molecule has 3 atom stereocenters. The molecule has 3 fully saturated rings. The van der Waals surface area contributed by atoms with Crippen LogP contribution >= 0.6 is 0 Å². The van der Waals surface area contributed by atoms with E-state index in [1.54, 1.807) is 0 Å². The van der Waals surface area contributed by atoms with Gasteiger partial charge in [0.15, 0.2) is 0 Å². The zero-order valence-corrected chi connectivity index (χ0v) is 18.5. The second-order valence-electron chi connectivity index (χ2n) is 11.1. The number of aromatic nitrogens is 2. The Kier molecular flexibility index (Phi) is 3.70. The van der Waals surface area contributed by atoms with E-state index in [0.29, 0.717) is 18.2 Å². The molecule has 1 saturated heterocycles. The highest BCUT2D eigenvalue weighted by Crippen LogP contribution is 2.58. The summed E-state index contributed by atoms with van der Waals surface area (Å²) in [5.74, 6) is 1.14. The molecule has 2 heterocycles. The van der Waals surface area contributed by atoms with Crippen molar-refractivity contribution in [3.05, 3.63) is 46.3 Å². The fourth-order valence-corrected chi connectivity index (χ4v) is 7.39. The lowest BCUT2D eigenvalue weighted by atomic mass is 9.49. The van der Waals surface area contributed by atoms with E-state index in [2.05, 4.69) is 22.6 Å². The van der Waals surface area contributed by atoms with Crippen molar-refractivity contribution in [1.82, 2.24) is 14.7 Å². The lowest BCUT2D eigenvalue weighted by Crippen LogP contribution is -2.74. The highest BCUT2D eigenvalue weighted by atomic mass is 16.3. The van der Waals surface area contributed by atoms with E-state index in [0.717, 1.165) is 38.3 Å². The van der Waals surface area contributed by atoms with Crippen LogP contribution in [0.1, 0.15) is 72.6 Å². The summed E-state index contributed by atoms with van der Waals surface area (Å²) in [6.45, 7) is 4.38. The molecular weight excluding hydrogens is 386 g/mol. The Balaban J connectivity index is 1.39. The quantitative estimate of drug-likeness (QED) is 0.800. The number of aliphatic hydroxyl groups is 1. The maximum Gasteiger partial charge on any atom is 0.115 e. The summed E-state index contributed by atoms with van der Waals surface area (Å²) in [6, 6.07) is 6.58. The molecule has 0 spiro atoms. The number of benzene rings is 1. The van der Waals surface area contributed by atoms with Crippen molar-refractivity contribution in [2.24, 2.45) is 5.92 Å². The van der Waals surface area contributed by atoms with Crippen LogP contribution in [0, 0.1) is 12.8 Å². The maximum atomic E-state index is 12.6. The van der Waals surface area contributed by atoms with Crippen LogP contribution in [-0.4, -0.2) is 49.6 Å². The SMILES string of the molecule is Cc1c2c(nn1C1CCC1)C[C@]13CCN(CC4CC4)[C@H](Cc4ccc(O)cc41)[C@]3(O)C2. The Hall–Kier alpha value is -1.85. The Morgan fingerprint density at radius 3 is 2.74 bits per heavy atom. The third-order valence-electron chi connectivity index (χ3n) is 9.55. The van der Waals surface area contributed by atoms with Crippen LogP contribution in [0.5, 0.6) is 5.75 Å².